The predicted octanol–water partition coefficient (Wildman–Crippen LogP) is 2.52. The summed E-state index contributed by atoms with van der Waals surface area (Å²) in [5.74, 6) is 0.575. The fourth-order valence-corrected chi connectivity index (χ4v) is 1.13. The standard InChI is InChI=1S/C9H9ClN2O/c1-6(5-13)8(10)7-3-4-12-9(7)11-2/h3-5,12H,2H2,1H3/b8-6-. The van der Waals surface area contributed by atoms with Gasteiger partial charge in [0.1, 0.15) is 12.1 Å². The molecule has 0 aromatic carbocycles. The number of rotatable bonds is 3. The van der Waals surface area contributed by atoms with Gasteiger partial charge in [0.25, 0.3) is 0 Å². The van der Waals surface area contributed by atoms with Gasteiger partial charge in [0.05, 0.1) is 5.03 Å². The van der Waals surface area contributed by atoms with Crippen LogP contribution < -0.4 is 0 Å². The minimum absolute atomic E-state index is 0.402. The van der Waals surface area contributed by atoms with E-state index in [-0.39, 0.29) is 0 Å². The maximum atomic E-state index is 10.4. The van der Waals surface area contributed by atoms with Gasteiger partial charge in [-0.2, -0.15) is 0 Å². The SMILES string of the molecule is C=Nc1[nH]ccc1/C(Cl)=C(\C)C=O. The quantitative estimate of drug-likeness (QED) is 0.451. The Bertz CT molecular complexity index is 365. The molecule has 0 aliphatic heterocycles. The lowest BCUT2D eigenvalue weighted by molar-refractivity contribution is -0.104. The van der Waals surface area contributed by atoms with Crippen LogP contribution in [0.4, 0.5) is 5.82 Å². The van der Waals surface area contributed by atoms with Crippen LogP contribution in [0.15, 0.2) is 22.8 Å². The first-order valence-electron chi connectivity index (χ1n) is 3.66. The van der Waals surface area contributed by atoms with E-state index < -0.39 is 0 Å². The first kappa shape index (κ1) is 9.74. The first-order chi connectivity index (χ1) is 6.20. The summed E-state index contributed by atoms with van der Waals surface area (Å²) < 4.78 is 0. The third-order valence-corrected chi connectivity index (χ3v) is 2.14. The van der Waals surface area contributed by atoms with E-state index in [1.165, 1.54) is 0 Å². The maximum absolute atomic E-state index is 10.4. The maximum Gasteiger partial charge on any atom is 0.147 e. The van der Waals surface area contributed by atoms with E-state index in [1.807, 2.05) is 0 Å². The molecule has 1 N–H and O–H groups in total. The third kappa shape index (κ3) is 1.87. The van der Waals surface area contributed by atoms with E-state index in [0.29, 0.717) is 28.3 Å². The monoisotopic (exact) mass is 196 g/mol. The van der Waals surface area contributed by atoms with E-state index >= 15 is 0 Å². The Morgan fingerprint density at radius 1 is 1.77 bits per heavy atom. The second-order valence-electron chi connectivity index (χ2n) is 2.51. The summed E-state index contributed by atoms with van der Waals surface area (Å²) in [5.41, 5.74) is 1.17. The highest BCUT2D eigenvalue weighted by Crippen LogP contribution is 2.29. The minimum Gasteiger partial charge on any atom is -0.346 e. The van der Waals surface area contributed by atoms with Crippen LogP contribution in [0.1, 0.15) is 12.5 Å². The van der Waals surface area contributed by atoms with Crippen LogP contribution in [0.25, 0.3) is 5.03 Å². The van der Waals surface area contributed by atoms with Crippen LogP contribution in [0, 0.1) is 0 Å². The van der Waals surface area contributed by atoms with Crippen molar-refractivity contribution in [1.82, 2.24) is 4.98 Å². The van der Waals surface area contributed by atoms with Gasteiger partial charge in [-0.05, 0) is 19.7 Å². The number of nitrogens with one attached hydrogen (secondary N) is 1. The number of H-pyrrole nitrogens is 1. The van der Waals surface area contributed by atoms with E-state index in [1.54, 1.807) is 19.2 Å². The summed E-state index contributed by atoms with van der Waals surface area (Å²) in [6.45, 7) is 5.03. The molecule has 0 spiro atoms. The van der Waals surface area contributed by atoms with Gasteiger partial charge in [0.15, 0.2) is 0 Å². The number of hydrogen-bond acceptors (Lipinski definition) is 2. The number of aliphatic imine (C=N–C) groups is 1. The summed E-state index contributed by atoms with van der Waals surface area (Å²) in [4.78, 5) is 17.0. The number of hydrogen-bond donors (Lipinski definition) is 1. The number of nitrogens with zero attached hydrogens (tertiary/aromatic N) is 1. The Labute approximate surface area is 81.1 Å². The van der Waals surface area contributed by atoms with Gasteiger partial charge in [0, 0.05) is 17.3 Å². The van der Waals surface area contributed by atoms with Crippen LogP contribution >= 0.6 is 11.6 Å². The molecule has 13 heavy (non-hydrogen) atoms. The van der Waals surface area contributed by atoms with Crippen LogP contribution in [-0.2, 0) is 4.79 Å². The van der Waals surface area contributed by atoms with Crippen LogP contribution in [-0.4, -0.2) is 18.0 Å². The van der Waals surface area contributed by atoms with Gasteiger partial charge >= 0.3 is 0 Å². The Hall–Kier alpha value is -1.35. The van der Waals surface area contributed by atoms with Gasteiger partial charge in [0.2, 0.25) is 0 Å². The number of carbonyl (C=O) groups excluding carboxylic acids is 1. The molecule has 0 atom stereocenters. The van der Waals surface area contributed by atoms with E-state index in [2.05, 4.69) is 16.7 Å². The minimum atomic E-state index is 0.402. The Morgan fingerprint density at radius 2 is 2.46 bits per heavy atom. The molecule has 0 bridgehead atoms. The number of aromatic nitrogens is 1. The van der Waals surface area contributed by atoms with Gasteiger partial charge in [-0.15, -0.1) is 0 Å². The molecule has 0 amide bonds. The fraction of sp³-hybridized carbons (Fsp3) is 0.111. The molecule has 0 aliphatic carbocycles. The van der Waals surface area contributed by atoms with Crippen molar-refractivity contribution >= 4 is 35.5 Å². The molecular weight excluding hydrogens is 188 g/mol. The lowest BCUT2D eigenvalue weighted by Gasteiger charge is -1.98. The normalized spacial score (nSPS) is 12.2. The zero-order valence-corrected chi connectivity index (χ0v) is 7.93. The van der Waals surface area contributed by atoms with Crippen molar-refractivity contribution in [1.29, 1.82) is 0 Å². The van der Waals surface area contributed by atoms with Crippen molar-refractivity contribution in [2.75, 3.05) is 0 Å². The summed E-state index contributed by atoms with van der Waals surface area (Å²) >= 11 is 5.92. The summed E-state index contributed by atoms with van der Waals surface area (Å²) in [6, 6.07) is 1.75. The van der Waals surface area contributed by atoms with Crippen molar-refractivity contribution in [3.8, 4) is 0 Å². The average molecular weight is 197 g/mol. The van der Waals surface area contributed by atoms with E-state index in [9.17, 15) is 4.79 Å². The lowest BCUT2D eigenvalue weighted by atomic mass is 10.2. The molecule has 1 rings (SSSR count). The topological polar surface area (TPSA) is 45.2 Å². The van der Waals surface area contributed by atoms with Crippen molar-refractivity contribution in [3.63, 3.8) is 0 Å². The Balaban J connectivity index is 3.22. The lowest BCUT2D eigenvalue weighted by Crippen LogP contribution is -1.82. The molecule has 0 saturated carbocycles. The van der Waals surface area contributed by atoms with Gasteiger partial charge in [-0.3, -0.25) is 4.79 Å². The molecule has 0 fully saturated rings. The molecule has 0 radical (unpaired) electrons. The van der Waals surface area contributed by atoms with Gasteiger partial charge in [-0.25, -0.2) is 4.99 Å². The van der Waals surface area contributed by atoms with E-state index in [0.717, 1.165) is 0 Å². The Morgan fingerprint density at radius 3 is 3.00 bits per heavy atom. The van der Waals surface area contributed by atoms with Gasteiger partial charge < -0.3 is 4.98 Å². The summed E-state index contributed by atoms with van der Waals surface area (Å²) in [5, 5.41) is 0.402. The number of carbonyl (C=O) groups is 1. The van der Waals surface area contributed by atoms with Gasteiger partial charge in [-0.1, -0.05) is 11.6 Å². The highest BCUT2D eigenvalue weighted by Gasteiger charge is 2.07. The molecule has 0 unspecified atom stereocenters. The number of aldehydes is 1. The molecule has 68 valence electrons. The molecule has 4 heteroatoms. The molecule has 0 aliphatic rings. The second-order valence-corrected chi connectivity index (χ2v) is 2.89. The third-order valence-electron chi connectivity index (χ3n) is 1.64. The highest BCUT2D eigenvalue weighted by molar-refractivity contribution is 6.50. The van der Waals surface area contributed by atoms with E-state index in [4.69, 9.17) is 11.6 Å². The number of aromatic amines is 1. The molecule has 1 heterocycles. The molecule has 3 nitrogen and oxygen atoms in total. The predicted molar refractivity (Wildman–Crippen MR) is 54.5 cm³/mol. The number of halogens is 1. The van der Waals surface area contributed by atoms with Crippen LogP contribution in [0.3, 0.4) is 0 Å². The second kappa shape index (κ2) is 4.05. The highest BCUT2D eigenvalue weighted by atomic mass is 35.5. The average Bonchev–Trinajstić information content (AvgIpc) is 2.62. The largest absolute Gasteiger partial charge is 0.346 e. The smallest absolute Gasteiger partial charge is 0.147 e. The Kier molecular flexibility index (Phi) is 3.03. The van der Waals surface area contributed by atoms with Crippen molar-refractivity contribution < 1.29 is 4.79 Å². The molecule has 1 aromatic heterocycles. The first-order valence-corrected chi connectivity index (χ1v) is 4.04. The van der Waals surface area contributed by atoms with Crippen molar-refractivity contribution in [2.45, 2.75) is 6.92 Å². The molecule has 0 saturated heterocycles. The summed E-state index contributed by atoms with van der Waals surface area (Å²) in [6.07, 6.45) is 2.40. The zero-order valence-electron chi connectivity index (χ0n) is 7.17. The zero-order chi connectivity index (χ0) is 9.84. The van der Waals surface area contributed by atoms with Crippen molar-refractivity contribution in [3.05, 3.63) is 23.4 Å². The van der Waals surface area contributed by atoms with Crippen LogP contribution in [0.5, 0.6) is 0 Å². The van der Waals surface area contributed by atoms with Crippen LogP contribution in [0.2, 0.25) is 0 Å². The summed E-state index contributed by atoms with van der Waals surface area (Å²) in [7, 11) is 0. The number of allylic oxidation sites excluding steroid dienone is 1. The molecule has 1 aromatic rings. The van der Waals surface area contributed by atoms with Crippen molar-refractivity contribution in [2.24, 2.45) is 4.99 Å². The molecular formula is C9H9ClN2O. The fourth-order valence-electron chi connectivity index (χ4n) is 0.933.